The highest BCUT2D eigenvalue weighted by atomic mass is 32.1. The van der Waals surface area contributed by atoms with Crippen LogP contribution in [-0.4, -0.2) is 47.2 Å². The number of amides is 3. The lowest BCUT2D eigenvalue weighted by molar-refractivity contribution is -0.157. The number of hydrogen-bond acceptors (Lipinski definition) is 4. The van der Waals surface area contributed by atoms with Crippen LogP contribution in [0.15, 0.2) is 41.8 Å². The molecular formula is C21H25N3O3S. The van der Waals surface area contributed by atoms with Crippen LogP contribution in [0.1, 0.15) is 22.9 Å². The number of aryl methyl sites for hydroxylation is 1. The predicted molar refractivity (Wildman–Crippen MR) is 109 cm³/mol. The van der Waals surface area contributed by atoms with E-state index in [0.29, 0.717) is 26.2 Å². The third-order valence-electron chi connectivity index (χ3n) is 4.85. The van der Waals surface area contributed by atoms with Crippen LogP contribution >= 0.6 is 11.3 Å². The molecule has 28 heavy (non-hydrogen) atoms. The van der Waals surface area contributed by atoms with Crippen LogP contribution in [0.25, 0.3) is 0 Å². The Morgan fingerprint density at radius 3 is 2.46 bits per heavy atom. The topological polar surface area (TPSA) is 69.7 Å². The summed E-state index contributed by atoms with van der Waals surface area (Å²) in [5.74, 6) is -1.52. The van der Waals surface area contributed by atoms with E-state index in [0.717, 1.165) is 16.0 Å². The van der Waals surface area contributed by atoms with Gasteiger partial charge in [0.2, 0.25) is 5.91 Å². The lowest BCUT2D eigenvalue weighted by atomic mass is 10.1. The van der Waals surface area contributed by atoms with Gasteiger partial charge in [-0.3, -0.25) is 14.4 Å². The number of nitrogens with one attached hydrogen (secondary N) is 1. The normalized spacial score (nSPS) is 15.6. The molecule has 1 aromatic carbocycles. The summed E-state index contributed by atoms with van der Waals surface area (Å²) < 4.78 is 0. The van der Waals surface area contributed by atoms with E-state index in [-0.39, 0.29) is 18.4 Å². The first kappa shape index (κ1) is 20.1. The molecule has 0 bridgehead atoms. The van der Waals surface area contributed by atoms with E-state index in [9.17, 15) is 14.4 Å². The molecule has 3 amide bonds. The predicted octanol–water partition coefficient (Wildman–Crippen LogP) is 2.18. The molecule has 2 heterocycles. The van der Waals surface area contributed by atoms with Gasteiger partial charge in [-0.25, -0.2) is 0 Å². The SMILES string of the molecule is Cc1ccc(CN2CCN(CC(C)C(=O)NCc3cccs3)C(=O)C2=O)cc1. The second-order valence-corrected chi connectivity index (χ2v) is 8.19. The molecule has 148 valence electrons. The van der Waals surface area contributed by atoms with Crippen molar-refractivity contribution in [3.63, 3.8) is 0 Å². The van der Waals surface area contributed by atoms with Gasteiger partial charge in [0.25, 0.3) is 0 Å². The second kappa shape index (κ2) is 9.01. The molecule has 1 aliphatic rings. The van der Waals surface area contributed by atoms with Gasteiger partial charge >= 0.3 is 11.8 Å². The van der Waals surface area contributed by atoms with Crippen LogP contribution in [0.3, 0.4) is 0 Å². The van der Waals surface area contributed by atoms with Crippen molar-refractivity contribution in [3.05, 3.63) is 57.8 Å². The zero-order valence-electron chi connectivity index (χ0n) is 16.2. The molecule has 1 atom stereocenters. The van der Waals surface area contributed by atoms with E-state index in [2.05, 4.69) is 5.32 Å². The number of rotatable bonds is 7. The number of nitrogens with zero attached hydrogens (tertiary/aromatic N) is 2. The van der Waals surface area contributed by atoms with E-state index in [4.69, 9.17) is 0 Å². The summed E-state index contributed by atoms with van der Waals surface area (Å²) in [4.78, 5) is 41.4. The van der Waals surface area contributed by atoms with Crippen molar-refractivity contribution in [2.75, 3.05) is 19.6 Å². The maximum absolute atomic E-state index is 12.5. The van der Waals surface area contributed by atoms with Gasteiger partial charge in [-0.15, -0.1) is 11.3 Å². The van der Waals surface area contributed by atoms with E-state index >= 15 is 0 Å². The molecule has 1 saturated heterocycles. The summed E-state index contributed by atoms with van der Waals surface area (Å²) >= 11 is 1.59. The van der Waals surface area contributed by atoms with Crippen LogP contribution in [0.5, 0.6) is 0 Å². The molecule has 0 saturated carbocycles. The number of hydrogen-bond donors (Lipinski definition) is 1. The quantitative estimate of drug-likeness (QED) is 0.726. The number of carbonyl (C=O) groups is 3. The average Bonchev–Trinajstić information content (AvgIpc) is 3.21. The molecule has 0 spiro atoms. The van der Waals surface area contributed by atoms with Crippen molar-refractivity contribution >= 4 is 29.1 Å². The largest absolute Gasteiger partial charge is 0.351 e. The van der Waals surface area contributed by atoms with Gasteiger partial charge in [0, 0.05) is 31.1 Å². The van der Waals surface area contributed by atoms with E-state index in [1.807, 2.05) is 48.7 Å². The van der Waals surface area contributed by atoms with Crippen LogP contribution < -0.4 is 5.32 Å². The lowest BCUT2D eigenvalue weighted by Gasteiger charge is -2.34. The molecule has 2 aromatic rings. The Morgan fingerprint density at radius 1 is 1.11 bits per heavy atom. The first-order chi connectivity index (χ1) is 13.4. The minimum Gasteiger partial charge on any atom is -0.351 e. The minimum atomic E-state index is -0.531. The van der Waals surface area contributed by atoms with Gasteiger partial charge < -0.3 is 15.1 Å². The number of carbonyl (C=O) groups excluding carboxylic acids is 3. The van der Waals surface area contributed by atoms with E-state index < -0.39 is 11.8 Å². The van der Waals surface area contributed by atoms with Crippen LogP contribution in [-0.2, 0) is 27.5 Å². The number of piperazine rings is 1. The molecule has 7 heteroatoms. The molecule has 3 rings (SSSR count). The summed E-state index contributed by atoms with van der Waals surface area (Å²) in [7, 11) is 0. The summed E-state index contributed by atoms with van der Waals surface area (Å²) in [5, 5.41) is 4.85. The summed E-state index contributed by atoms with van der Waals surface area (Å²) in [5.41, 5.74) is 2.16. The van der Waals surface area contributed by atoms with Crippen molar-refractivity contribution in [1.29, 1.82) is 0 Å². The van der Waals surface area contributed by atoms with Gasteiger partial charge in [0.15, 0.2) is 0 Å². The molecule has 1 aliphatic heterocycles. The van der Waals surface area contributed by atoms with Gasteiger partial charge in [-0.2, -0.15) is 0 Å². The maximum atomic E-state index is 12.5. The van der Waals surface area contributed by atoms with Gasteiger partial charge in [-0.1, -0.05) is 42.8 Å². The first-order valence-electron chi connectivity index (χ1n) is 9.38. The average molecular weight is 400 g/mol. The summed E-state index contributed by atoms with van der Waals surface area (Å²) in [6.45, 7) is 5.86. The molecule has 0 aliphatic carbocycles. The Hall–Kier alpha value is -2.67. The lowest BCUT2D eigenvalue weighted by Crippen LogP contribution is -2.55. The van der Waals surface area contributed by atoms with Crippen LogP contribution in [0.2, 0.25) is 0 Å². The van der Waals surface area contributed by atoms with E-state index in [1.54, 1.807) is 23.2 Å². The molecule has 1 unspecified atom stereocenters. The summed E-state index contributed by atoms with van der Waals surface area (Å²) in [6.07, 6.45) is 0. The number of thiophene rings is 1. The van der Waals surface area contributed by atoms with Gasteiger partial charge in [0.05, 0.1) is 12.5 Å². The van der Waals surface area contributed by atoms with Crippen molar-refractivity contribution in [3.8, 4) is 0 Å². The Kier molecular flexibility index (Phi) is 6.46. The molecule has 0 radical (unpaired) electrons. The highest BCUT2D eigenvalue weighted by Gasteiger charge is 2.33. The zero-order chi connectivity index (χ0) is 20.1. The molecule has 1 fully saturated rings. The van der Waals surface area contributed by atoms with Crippen molar-refractivity contribution in [1.82, 2.24) is 15.1 Å². The third kappa shape index (κ3) is 4.98. The van der Waals surface area contributed by atoms with Crippen LogP contribution in [0, 0.1) is 12.8 Å². The molecular weight excluding hydrogens is 374 g/mol. The fraction of sp³-hybridized carbons (Fsp3) is 0.381. The Morgan fingerprint density at radius 2 is 1.79 bits per heavy atom. The van der Waals surface area contributed by atoms with Crippen molar-refractivity contribution < 1.29 is 14.4 Å². The Bertz CT molecular complexity index is 833. The fourth-order valence-corrected chi connectivity index (χ4v) is 3.77. The van der Waals surface area contributed by atoms with Crippen molar-refractivity contribution in [2.24, 2.45) is 5.92 Å². The smallest absolute Gasteiger partial charge is 0.312 e. The zero-order valence-corrected chi connectivity index (χ0v) is 17.0. The highest BCUT2D eigenvalue weighted by molar-refractivity contribution is 7.09. The standard InChI is InChI=1S/C21H25N3O3S/c1-15-5-7-17(8-6-15)14-24-10-9-23(20(26)21(24)27)13-16(2)19(25)22-12-18-4-3-11-28-18/h3-8,11,16H,9-10,12-14H2,1-2H3,(H,22,25). The van der Waals surface area contributed by atoms with Gasteiger partial charge in [0.1, 0.15) is 0 Å². The Labute approximate surface area is 169 Å². The summed E-state index contributed by atoms with van der Waals surface area (Å²) in [6, 6.07) is 11.8. The minimum absolute atomic E-state index is 0.115. The maximum Gasteiger partial charge on any atom is 0.312 e. The molecule has 1 aromatic heterocycles. The molecule has 6 nitrogen and oxygen atoms in total. The van der Waals surface area contributed by atoms with Gasteiger partial charge in [-0.05, 0) is 23.9 Å². The highest BCUT2D eigenvalue weighted by Crippen LogP contribution is 2.14. The van der Waals surface area contributed by atoms with E-state index in [1.165, 1.54) is 4.90 Å². The Balaban J connectivity index is 1.50. The molecule has 1 N–H and O–H groups in total. The van der Waals surface area contributed by atoms with Crippen LogP contribution in [0.4, 0.5) is 0 Å². The first-order valence-corrected chi connectivity index (χ1v) is 10.3. The monoisotopic (exact) mass is 399 g/mol. The number of benzene rings is 1. The fourth-order valence-electron chi connectivity index (χ4n) is 3.13. The third-order valence-corrected chi connectivity index (χ3v) is 5.73. The second-order valence-electron chi connectivity index (χ2n) is 7.16. The van der Waals surface area contributed by atoms with Crippen molar-refractivity contribution in [2.45, 2.75) is 26.9 Å².